The largest absolute Gasteiger partial charge is 0.330 e. The van der Waals surface area contributed by atoms with Gasteiger partial charge in [0, 0.05) is 30.2 Å². The predicted molar refractivity (Wildman–Crippen MR) is 111 cm³/mol. The third-order valence-corrected chi connectivity index (χ3v) is 5.23. The molecule has 0 aliphatic heterocycles. The van der Waals surface area contributed by atoms with Crippen LogP contribution in [0.1, 0.15) is 21.9 Å². The molecular formula is C21H19N5OS. The summed E-state index contributed by atoms with van der Waals surface area (Å²) in [6.07, 6.45) is 1.77. The van der Waals surface area contributed by atoms with Crippen molar-refractivity contribution >= 4 is 34.4 Å². The monoisotopic (exact) mass is 389 g/mol. The summed E-state index contributed by atoms with van der Waals surface area (Å²) in [5.74, 6) is 1.46. The fraction of sp³-hybridized carbons (Fsp3) is 0.143. The van der Waals surface area contributed by atoms with Crippen molar-refractivity contribution in [2.75, 3.05) is 5.32 Å². The van der Waals surface area contributed by atoms with Crippen LogP contribution < -0.4 is 5.32 Å². The smallest absolute Gasteiger partial charge is 0.255 e. The van der Waals surface area contributed by atoms with Gasteiger partial charge in [-0.05, 0) is 43.3 Å². The minimum absolute atomic E-state index is 0.136. The Hall–Kier alpha value is -3.19. The van der Waals surface area contributed by atoms with Crippen molar-refractivity contribution in [2.24, 2.45) is 7.05 Å². The minimum atomic E-state index is -0.136. The molecule has 0 bridgehead atoms. The van der Waals surface area contributed by atoms with Gasteiger partial charge in [0.15, 0.2) is 5.16 Å². The third-order valence-electron chi connectivity index (χ3n) is 4.37. The molecule has 1 amide bonds. The molecule has 7 heteroatoms. The molecule has 6 nitrogen and oxygen atoms in total. The van der Waals surface area contributed by atoms with E-state index < -0.39 is 0 Å². The van der Waals surface area contributed by atoms with Crippen molar-refractivity contribution in [1.29, 1.82) is 0 Å². The summed E-state index contributed by atoms with van der Waals surface area (Å²) in [5.41, 5.74) is 4.15. The molecule has 4 aromatic rings. The van der Waals surface area contributed by atoms with Crippen molar-refractivity contribution in [3.05, 3.63) is 77.9 Å². The van der Waals surface area contributed by atoms with Gasteiger partial charge in [-0.25, -0.2) is 15.0 Å². The molecule has 28 heavy (non-hydrogen) atoms. The predicted octanol–water partition coefficient (Wildman–Crippen LogP) is 4.22. The minimum Gasteiger partial charge on any atom is -0.330 e. The number of benzene rings is 2. The second kappa shape index (κ2) is 7.82. The molecule has 2 aromatic carbocycles. The number of thioether (sulfide) groups is 1. The van der Waals surface area contributed by atoms with E-state index in [-0.39, 0.29) is 5.91 Å². The summed E-state index contributed by atoms with van der Waals surface area (Å²) in [6.45, 7) is 1.95. The zero-order valence-corrected chi connectivity index (χ0v) is 16.4. The Bertz CT molecular complexity index is 1140. The van der Waals surface area contributed by atoms with Gasteiger partial charge in [-0.2, -0.15) is 0 Å². The molecule has 0 saturated carbocycles. The van der Waals surface area contributed by atoms with Crippen LogP contribution in [0.3, 0.4) is 0 Å². The molecule has 4 rings (SSSR count). The number of carbonyl (C=O) groups excluding carboxylic acids is 1. The maximum absolute atomic E-state index is 12.4. The highest BCUT2D eigenvalue weighted by atomic mass is 32.2. The van der Waals surface area contributed by atoms with Crippen LogP contribution in [0.2, 0.25) is 0 Å². The summed E-state index contributed by atoms with van der Waals surface area (Å²) in [7, 11) is 1.99. The lowest BCUT2D eigenvalue weighted by atomic mass is 10.2. The number of aromatic nitrogens is 4. The van der Waals surface area contributed by atoms with E-state index >= 15 is 0 Å². The lowest BCUT2D eigenvalue weighted by Crippen LogP contribution is -2.11. The molecule has 0 fully saturated rings. The van der Waals surface area contributed by atoms with Gasteiger partial charge in [-0.3, -0.25) is 4.79 Å². The topological polar surface area (TPSA) is 72.7 Å². The summed E-state index contributed by atoms with van der Waals surface area (Å²) in [4.78, 5) is 25.8. The van der Waals surface area contributed by atoms with E-state index in [9.17, 15) is 4.79 Å². The Morgan fingerprint density at radius 2 is 1.93 bits per heavy atom. The van der Waals surface area contributed by atoms with E-state index in [0.717, 1.165) is 33.4 Å². The molecule has 2 heterocycles. The van der Waals surface area contributed by atoms with Crippen LogP contribution in [0.5, 0.6) is 0 Å². The average molecular weight is 389 g/mol. The second-order valence-electron chi connectivity index (χ2n) is 6.38. The number of rotatable bonds is 5. The molecule has 0 aliphatic rings. The van der Waals surface area contributed by atoms with Crippen molar-refractivity contribution in [1.82, 2.24) is 19.5 Å². The van der Waals surface area contributed by atoms with E-state index in [0.29, 0.717) is 11.3 Å². The average Bonchev–Trinajstić information content (AvgIpc) is 3.02. The highest BCUT2D eigenvalue weighted by molar-refractivity contribution is 7.98. The quantitative estimate of drug-likeness (QED) is 0.409. The van der Waals surface area contributed by atoms with Gasteiger partial charge in [-0.15, -0.1) is 0 Å². The molecular weight excluding hydrogens is 370 g/mol. The van der Waals surface area contributed by atoms with Crippen LogP contribution in [0.4, 0.5) is 5.69 Å². The first kappa shape index (κ1) is 18.2. The Labute approximate surface area is 167 Å². The Kier molecular flexibility index (Phi) is 5.08. The standard InChI is InChI=1S/C21H19N5OS/c1-14-10-11-22-21(23-14)28-13-19-25-17-12-16(8-9-18(17)26(19)2)24-20(27)15-6-4-3-5-7-15/h3-12H,13H2,1-2H3,(H,24,27). The summed E-state index contributed by atoms with van der Waals surface area (Å²) in [5, 5.41) is 3.67. The maximum Gasteiger partial charge on any atom is 0.255 e. The van der Waals surface area contributed by atoms with E-state index in [1.807, 2.05) is 56.4 Å². The number of carbonyl (C=O) groups is 1. The molecule has 0 saturated heterocycles. The van der Waals surface area contributed by atoms with Crippen molar-refractivity contribution in [3.63, 3.8) is 0 Å². The maximum atomic E-state index is 12.4. The van der Waals surface area contributed by atoms with Crippen LogP contribution in [0, 0.1) is 6.92 Å². The molecule has 0 aliphatic carbocycles. The van der Waals surface area contributed by atoms with Gasteiger partial charge in [-0.1, -0.05) is 30.0 Å². The summed E-state index contributed by atoms with van der Waals surface area (Å²) < 4.78 is 2.06. The Morgan fingerprint density at radius 1 is 1.11 bits per heavy atom. The van der Waals surface area contributed by atoms with Crippen molar-refractivity contribution in [3.8, 4) is 0 Å². The molecule has 0 spiro atoms. The number of nitrogens with one attached hydrogen (secondary N) is 1. The van der Waals surface area contributed by atoms with E-state index in [1.54, 1.807) is 30.1 Å². The van der Waals surface area contributed by atoms with Crippen molar-refractivity contribution < 1.29 is 4.79 Å². The number of aryl methyl sites for hydroxylation is 2. The fourth-order valence-corrected chi connectivity index (χ4v) is 3.73. The molecule has 1 N–H and O–H groups in total. The van der Waals surface area contributed by atoms with Gasteiger partial charge in [0.2, 0.25) is 0 Å². The van der Waals surface area contributed by atoms with E-state index in [2.05, 4.69) is 19.9 Å². The van der Waals surface area contributed by atoms with Gasteiger partial charge < -0.3 is 9.88 Å². The third kappa shape index (κ3) is 3.89. The van der Waals surface area contributed by atoms with Gasteiger partial charge in [0.1, 0.15) is 5.82 Å². The Balaban J connectivity index is 1.53. The van der Waals surface area contributed by atoms with Crippen LogP contribution >= 0.6 is 11.8 Å². The van der Waals surface area contributed by atoms with Crippen LogP contribution in [-0.4, -0.2) is 25.4 Å². The highest BCUT2D eigenvalue weighted by Crippen LogP contribution is 2.24. The number of hydrogen-bond donors (Lipinski definition) is 1. The zero-order chi connectivity index (χ0) is 19.5. The van der Waals surface area contributed by atoms with E-state index in [4.69, 9.17) is 4.98 Å². The number of nitrogens with zero attached hydrogens (tertiary/aromatic N) is 4. The zero-order valence-electron chi connectivity index (χ0n) is 15.6. The normalized spacial score (nSPS) is 10.9. The first-order chi connectivity index (χ1) is 13.6. The first-order valence-electron chi connectivity index (χ1n) is 8.84. The number of amides is 1. The SMILES string of the molecule is Cc1ccnc(SCc2nc3cc(NC(=O)c4ccccc4)ccc3n2C)n1. The number of anilines is 1. The lowest BCUT2D eigenvalue weighted by molar-refractivity contribution is 0.102. The summed E-state index contributed by atoms with van der Waals surface area (Å²) >= 11 is 1.55. The van der Waals surface area contributed by atoms with Crippen molar-refractivity contribution in [2.45, 2.75) is 17.8 Å². The molecule has 0 unspecified atom stereocenters. The first-order valence-corrected chi connectivity index (χ1v) is 9.83. The van der Waals surface area contributed by atoms with Crippen LogP contribution in [0.25, 0.3) is 11.0 Å². The molecule has 0 radical (unpaired) electrons. The Morgan fingerprint density at radius 3 is 2.71 bits per heavy atom. The molecule has 0 atom stereocenters. The molecule has 2 aromatic heterocycles. The van der Waals surface area contributed by atoms with Crippen LogP contribution in [-0.2, 0) is 12.8 Å². The van der Waals surface area contributed by atoms with Gasteiger partial charge in [0.05, 0.1) is 16.8 Å². The number of fused-ring (bicyclic) bond motifs is 1. The molecule has 140 valence electrons. The van der Waals surface area contributed by atoms with E-state index in [1.165, 1.54) is 0 Å². The van der Waals surface area contributed by atoms with Gasteiger partial charge >= 0.3 is 0 Å². The number of imidazole rings is 1. The lowest BCUT2D eigenvalue weighted by Gasteiger charge is -2.05. The number of hydrogen-bond acceptors (Lipinski definition) is 5. The fourth-order valence-electron chi connectivity index (χ4n) is 2.87. The van der Waals surface area contributed by atoms with Gasteiger partial charge in [0.25, 0.3) is 5.91 Å². The highest BCUT2D eigenvalue weighted by Gasteiger charge is 2.11. The second-order valence-corrected chi connectivity index (χ2v) is 7.32. The van der Waals surface area contributed by atoms with Crippen LogP contribution in [0.15, 0.2) is 66.0 Å². The summed E-state index contributed by atoms with van der Waals surface area (Å²) in [6, 6.07) is 16.8.